The first-order valence-corrected chi connectivity index (χ1v) is 9.35. The minimum atomic E-state index is 0.140. The molecule has 0 radical (unpaired) electrons. The molecule has 3 rings (SSSR count). The van der Waals surface area contributed by atoms with Crippen molar-refractivity contribution in [2.45, 2.75) is 27.7 Å². The number of hydrogen-bond donors (Lipinski definition) is 2. The number of aromatic hydroxyl groups is 2. The highest BCUT2D eigenvalue weighted by molar-refractivity contribution is 5.78. The number of phenols is 2. The van der Waals surface area contributed by atoms with Gasteiger partial charge in [-0.1, -0.05) is 35.9 Å². The molecule has 0 spiro atoms. The molecule has 0 unspecified atom stereocenters. The highest BCUT2D eigenvalue weighted by Crippen LogP contribution is 2.36. The van der Waals surface area contributed by atoms with Crippen LogP contribution in [-0.2, 0) is 0 Å². The van der Waals surface area contributed by atoms with Crippen molar-refractivity contribution in [2.24, 2.45) is 0 Å². The molecule has 0 saturated carbocycles. The molecule has 28 heavy (non-hydrogen) atoms. The SMILES string of the molecule is CC(C)=CCOc1ccc(-c2c(C)cc(-c3ccc(O)cc3)cc2C)cc1O. The van der Waals surface area contributed by atoms with Crippen molar-refractivity contribution in [2.75, 3.05) is 6.61 Å². The van der Waals surface area contributed by atoms with E-state index in [2.05, 4.69) is 26.0 Å². The van der Waals surface area contributed by atoms with Crippen molar-refractivity contribution in [3.05, 3.63) is 77.4 Å². The van der Waals surface area contributed by atoms with Crippen LogP contribution in [0.25, 0.3) is 22.3 Å². The van der Waals surface area contributed by atoms with Gasteiger partial charge in [0.25, 0.3) is 0 Å². The van der Waals surface area contributed by atoms with Crippen molar-refractivity contribution in [3.63, 3.8) is 0 Å². The van der Waals surface area contributed by atoms with Gasteiger partial charge < -0.3 is 14.9 Å². The summed E-state index contributed by atoms with van der Waals surface area (Å²) in [5.74, 6) is 0.884. The Hall–Kier alpha value is -3.20. The van der Waals surface area contributed by atoms with Gasteiger partial charge in [-0.05, 0) is 91.4 Å². The minimum absolute atomic E-state index is 0.140. The Kier molecular flexibility index (Phi) is 5.74. The lowest BCUT2D eigenvalue weighted by Crippen LogP contribution is -1.95. The van der Waals surface area contributed by atoms with Crippen LogP contribution in [-0.4, -0.2) is 16.8 Å². The number of ether oxygens (including phenoxy) is 1. The summed E-state index contributed by atoms with van der Waals surface area (Å²) in [7, 11) is 0. The third-order valence-electron chi connectivity index (χ3n) is 4.71. The lowest BCUT2D eigenvalue weighted by Gasteiger charge is -2.15. The van der Waals surface area contributed by atoms with Gasteiger partial charge in [0.15, 0.2) is 11.5 Å². The van der Waals surface area contributed by atoms with E-state index in [0.717, 1.165) is 33.4 Å². The maximum absolute atomic E-state index is 10.4. The fourth-order valence-electron chi connectivity index (χ4n) is 3.33. The minimum Gasteiger partial charge on any atom is -0.508 e. The Morgan fingerprint density at radius 1 is 0.821 bits per heavy atom. The topological polar surface area (TPSA) is 49.7 Å². The molecule has 0 atom stereocenters. The fraction of sp³-hybridized carbons (Fsp3) is 0.200. The molecule has 0 aromatic heterocycles. The van der Waals surface area contributed by atoms with E-state index in [4.69, 9.17) is 4.74 Å². The maximum atomic E-state index is 10.4. The molecule has 3 aromatic carbocycles. The van der Waals surface area contributed by atoms with E-state index >= 15 is 0 Å². The number of allylic oxidation sites excluding steroid dienone is 1. The third kappa shape index (κ3) is 4.37. The molecule has 2 N–H and O–H groups in total. The Morgan fingerprint density at radius 3 is 2.00 bits per heavy atom. The van der Waals surface area contributed by atoms with Gasteiger partial charge in [-0.15, -0.1) is 0 Å². The molecule has 144 valence electrons. The van der Waals surface area contributed by atoms with Crippen LogP contribution in [0.2, 0.25) is 0 Å². The molecule has 0 aliphatic rings. The van der Waals surface area contributed by atoms with Gasteiger partial charge in [-0.3, -0.25) is 0 Å². The number of hydrogen-bond acceptors (Lipinski definition) is 3. The van der Waals surface area contributed by atoms with Gasteiger partial charge in [0.1, 0.15) is 12.4 Å². The summed E-state index contributed by atoms with van der Waals surface area (Å²) in [6, 6.07) is 17.0. The second-order valence-corrected chi connectivity index (χ2v) is 7.31. The third-order valence-corrected chi connectivity index (χ3v) is 4.71. The van der Waals surface area contributed by atoms with Crippen LogP contribution in [0.4, 0.5) is 0 Å². The molecule has 0 aliphatic heterocycles. The first-order valence-electron chi connectivity index (χ1n) is 9.35. The van der Waals surface area contributed by atoms with Crippen molar-refractivity contribution >= 4 is 0 Å². The van der Waals surface area contributed by atoms with Crippen LogP contribution in [0.3, 0.4) is 0 Å². The van der Waals surface area contributed by atoms with Crippen LogP contribution < -0.4 is 4.74 Å². The van der Waals surface area contributed by atoms with Crippen LogP contribution in [0.1, 0.15) is 25.0 Å². The molecule has 0 saturated heterocycles. The fourth-order valence-corrected chi connectivity index (χ4v) is 3.33. The van der Waals surface area contributed by atoms with E-state index in [0.29, 0.717) is 12.4 Å². The summed E-state index contributed by atoms with van der Waals surface area (Å²) in [6.45, 7) is 8.61. The Morgan fingerprint density at radius 2 is 1.43 bits per heavy atom. The zero-order valence-electron chi connectivity index (χ0n) is 16.8. The molecular formula is C25H26O3. The zero-order valence-corrected chi connectivity index (χ0v) is 16.8. The molecule has 0 fully saturated rings. The van der Waals surface area contributed by atoms with Crippen molar-refractivity contribution in [3.8, 4) is 39.5 Å². The highest BCUT2D eigenvalue weighted by Gasteiger charge is 2.12. The van der Waals surface area contributed by atoms with Gasteiger partial charge >= 0.3 is 0 Å². The van der Waals surface area contributed by atoms with Crippen LogP contribution in [0.15, 0.2) is 66.2 Å². The van der Waals surface area contributed by atoms with Gasteiger partial charge in [0.2, 0.25) is 0 Å². The first kappa shape index (κ1) is 19.6. The molecule has 3 heteroatoms. The summed E-state index contributed by atoms with van der Waals surface area (Å²) in [4.78, 5) is 0. The van der Waals surface area contributed by atoms with Crippen molar-refractivity contribution in [1.29, 1.82) is 0 Å². The largest absolute Gasteiger partial charge is 0.508 e. The van der Waals surface area contributed by atoms with Crippen LogP contribution >= 0.6 is 0 Å². The quantitative estimate of drug-likeness (QED) is 0.509. The van der Waals surface area contributed by atoms with E-state index in [-0.39, 0.29) is 11.5 Å². The lowest BCUT2D eigenvalue weighted by atomic mass is 9.91. The lowest BCUT2D eigenvalue weighted by molar-refractivity contribution is 0.335. The highest BCUT2D eigenvalue weighted by atomic mass is 16.5. The van der Waals surface area contributed by atoms with Gasteiger partial charge in [0.05, 0.1) is 0 Å². The number of phenolic OH excluding ortho intramolecular Hbond substituents is 2. The normalized spacial score (nSPS) is 10.6. The Bertz CT molecular complexity index is 987. The maximum Gasteiger partial charge on any atom is 0.161 e. The standard InChI is InChI=1S/C25H26O3/c1-16(2)11-12-28-24-10-7-20(15-23(24)27)25-17(3)13-21(14-18(25)4)19-5-8-22(26)9-6-19/h5-11,13-15,26-27H,12H2,1-4H3. The van der Waals surface area contributed by atoms with Gasteiger partial charge in [-0.2, -0.15) is 0 Å². The Labute approximate surface area is 166 Å². The second kappa shape index (κ2) is 8.22. The summed E-state index contributed by atoms with van der Waals surface area (Å²) in [5, 5.41) is 19.9. The van der Waals surface area contributed by atoms with E-state index in [1.165, 1.54) is 5.57 Å². The van der Waals surface area contributed by atoms with Crippen LogP contribution in [0.5, 0.6) is 17.2 Å². The zero-order chi connectivity index (χ0) is 20.3. The summed E-state index contributed by atoms with van der Waals surface area (Å²) >= 11 is 0. The van der Waals surface area contributed by atoms with Crippen LogP contribution in [0, 0.1) is 13.8 Å². The molecule has 0 bridgehead atoms. The molecule has 3 aromatic rings. The Balaban J connectivity index is 1.92. The predicted octanol–water partition coefficient (Wildman–Crippen LogP) is 6.39. The van der Waals surface area contributed by atoms with E-state index in [1.807, 2.05) is 44.2 Å². The van der Waals surface area contributed by atoms with Gasteiger partial charge in [0, 0.05) is 0 Å². The summed E-state index contributed by atoms with van der Waals surface area (Å²) < 4.78 is 5.64. The first-order chi connectivity index (χ1) is 13.3. The molecule has 3 nitrogen and oxygen atoms in total. The number of benzene rings is 3. The summed E-state index contributed by atoms with van der Waals surface area (Å²) in [6.07, 6.45) is 1.98. The second-order valence-electron chi connectivity index (χ2n) is 7.31. The molecular weight excluding hydrogens is 348 g/mol. The number of rotatable bonds is 5. The monoisotopic (exact) mass is 374 g/mol. The van der Waals surface area contributed by atoms with Crippen molar-refractivity contribution < 1.29 is 14.9 Å². The van der Waals surface area contributed by atoms with E-state index in [1.54, 1.807) is 18.2 Å². The average Bonchev–Trinajstić information content (AvgIpc) is 2.63. The van der Waals surface area contributed by atoms with E-state index < -0.39 is 0 Å². The smallest absolute Gasteiger partial charge is 0.161 e. The predicted molar refractivity (Wildman–Crippen MR) is 115 cm³/mol. The average molecular weight is 374 g/mol. The molecule has 0 amide bonds. The summed E-state index contributed by atoms with van der Waals surface area (Å²) in [5.41, 5.74) is 7.65. The van der Waals surface area contributed by atoms with E-state index in [9.17, 15) is 10.2 Å². The van der Waals surface area contributed by atoms with Gasteiger partial charge in [-0.25, -0.2) is 0 Å². The van der Waals surface area contributed by atoms with Crippen molar-refractivity contribution in [1.82, 2.24) is 0 Å². The molecule has 0 heterocycles. The molecule has 0 aliphatic carbocycles. The number of aryl methyl sites for hydroxylation is 2.